The van der Waals surface area contributed by atoms with Crippen molar-refractivity contribution >= 4 is 0 Å². The van der Waals surface area contributed by atoms with Crippen molar-refractivity contribution in [3.63, 3.8) is 0 Å². The molecule has 1 aliphatic carbocycles. The molecular weight excluding hydrogens is 198 g/mol. The third-order valence-electron chi connectivity index (χ3n) is 3.40. The number of fused-ring (bicyclic) bond motifs is 1. The molecule has 0 N–H and O–H groups in total. The van der Waals surface area contributed by atoms with Crippen LogP contribution < -0.4 is 0 Å². The van der Waals surface area contributed by atoms with Crippen LogP contribution in [0.2, 0.25) is 0 Å². The summed E-state index contributed by atoms with van der Waals surface area (Å²) in [6, 6.07) is 0. The minimum absolute atomic E-state index is 0.0587. The van der Waals surface area contributed by atoms with E-state index in [1.54, 1.807) is 0 Å². The molecular formula is C14H23NO. The Morgan fingerprint density at radius 1 is 1.31 bits per heavy atom. The van der Waals surface area contributed by atoms with Gasteiger partial charge in [0.15, 0.2) is 5.60 Å². The number of allylic oxidation sites excluding steroid dienone is 2. The van der Waals surface area contributed by atoms with E-state index in [4.69, 9.17) is 4.74 Å². The average molecular weight is 221 g/mol. The number of hydrogen-bond donors (Lipinski definition) is 0. The van der Waals surface area contributed by atoms with Crippen LogP contribution in [-0.2, 0) is 4.74 Å². The molecule has 2 nitrogen and oxygen atoms in total. The van der Waals surface area contributed by atoms with Gasteiger partial charge in [-0.15, -0.1) is 0 Å². The lowest BCUT2D eigenvalue weighted by Gasteiger charge is -2.23. The highest BCUT2D eigenvalue weighted by Crippen LogP contribution is 2.49. The Morgan fingerprint density at radius 3 is 2.62 bits per heavy atom. The Kier molecular flexibility index (Phi) is 3.38. The van der Waals surface area contributed by atoms with Crippen LogP contribution in [0, 0.1) is 0 Å². The zero-order valence-corrected chi connectivity index (χ0v) is 10.8. The van der Waals surface area contributed by atoms with Crippen LogP contribution >= 0.6 is 0 Å². The first-order valence-electron chi connectivity index (χ1n) is 6.51. The molecule has 0 bridgehead atoms. The van der Waals surface area contributed by atoms with Crippen LogP contribution in [0.4, 0.5) is 0 Å². The predicted molar refractivity (Wildman–Crippen MR) is 67.3 cm³/mol. The van der Waals surface area contributed by atoms with Crippen molar-refractivity contribution < 1.29 is 4.74 Å². The van der Waals surface area contributed by atoms with Gasteiger partial charge in [-0.05, 0) is 38.4 Å². The van der Waals surface area contributed by atoms with E-state index >= 15 is 0 Å². The second-order valence-electron chi connectivity index (χ2n) is 4.99. The molecule has 1 heterocycles. The van der Waals surface area contributed by atoms with Crippen LogP contribution in [0.25, 0.3) is 0 Å². The minimum Gasteiger partial charge on any atom is -0.477 e. The third kappa shape index (κ3) is 2.17. The highest BCUT2D eigenvalue weighted by molar-refractivity contribution is 5.41. The quantitative estimate of drug-likeness (QED) is 0.640. The average Bonchev–Trinajstić information content (AvgIpc) is 2.95. The van der Waals surface area contributed by atoms with E-state index in [9.17, 15) is 0 Å². The Balaban J connectivity index is 1.97. The van der Waals surface area contributed by atoms with Gasteiger partial charge in [-0.1, -0.05) is 26.0 Å². The molecule has 0 aromatic carbocycles. The van der Waals surface area contributed by atoms with Crippen molar-refractivity contribution in [2.75, 3.05) is 19.6 Å². The van der Waals surface area contributed by atoms with Crippen LogP contribution in [0.1, 0.15) is 40.0 Å². The normalized spacial score (nSPS) is 27.0. The molecule has 0 aromatic heterocycles. The lowest BCUT2D eigenvalue weighted by atomic mass is 9.96. The number of epoxide rings is 1. The minimum atomic E-state index is 0.0587. The summed E-state index contributed by atoms with van der Waals surface area (Å²) in [5, 5.41) is 0. The van der Waals surface area contributed by atoms with Gasteiger partial charge in [-0.25, -0.2) is 0 Å². The van der Waals surface area contributed by atoms with E-state index in [1.807, 2.05) is 0 Å². The first-order valence-corrected chi connectivity index (χ1v) is 6.51. The molecule has 0 aromatic rings. The molecule has 90 valence electrons. The summed E-state index contributed by atoms with van der Waals surface area (Å²) < 4.78 is 5.88. The van der Waals surface area contributed by atoms with Crippen molar-refractivity contribution in [3.8, 4) is 0 Å². The van der Waals surface area contributed by atoms with E-state index in [-0.39, 0.29) is 5.60 Å². The van der Waals surface area contributed by atoms with Gasteiger partial charge in [0, 0.05) is 13.0 Å². The fraction of sp³-hybridized carbons (Fsp3) is 0.714. The Morgan fingerprint density at radius 2 is 2.00 bits per heavy atom. The maximum Gasteiger partial charge on any atom is 0.181 e. The number of rotatable bonds is 6. The van der Waals surface area contributed by atoms with Crippen molar-refractivity contribution in [2.45, 2.75) is 45.6 Å². The van der Waals surface area contributed by atoms with E-state index in [1.165, 1.54) is 37.3 Å². The molecule has 1 fully saturated rings. The molecule has 1 aliphatic heterocycles. The molecule has 0 spiro atoms. The van der Waals surface area contributed by atoms with Crippen LogP contribution in [-0.4, -0.2) is 30.1 Å². The van der Waals surface area contributed by atoms with Crippen molar-refractivity contribution in [1.29, 1.82) is 0 Å². The zero-order chi connectivity index (χ0) is 11.6. The first-order chi connectivity index (χ1) is 7.72. The third-order valence-corrected chi connectivity index (χ3v) is 3.40. The molecule has 2 rings (SSSR count). The molecule has 0 radical (unpaired) electrons. The Hall–Kier alpha value is -0.760. The number of ether oxygens (including phenoxy) is 1. The van der Waals surface area contributed by atoms with Gasteiger partial charge in [0.25, 0.3) is 0 Å². The second-order valence-corrected chi connectivity index (χ2v) is 4.99. The molecule has 0 amide bonds. The monoisotopic (exact) mass is 221 g/mol. The molecule has 0 saturated carbocycles. The topological polar surface area (TPSA) is 15.8 Å². The standard InChI is InChI=1S/C14H23NO/c1-4-9-15(10-5-2)11-14-8-6-7-12(3)13(14)16-14/h6-7H,4-5,8-11H2,1-3H3. The molecule has 1 atom stereocenters. The fourth-order valence-electron chi connectivity index (χ4n) is 2.68. The summed E-state index contributed by atoms with van der Waals surface area (Å²) in [6.07, 6.45) is 7.95. The van der Waals surface area contributed by atoms with Gasteiger partial charge in [-0.2, -0.15) is 0 Å². The van der Waals surface area contributed by atoms with Crippen LogP contribution in [0.15, 0.2) is 23.5 Å². The SMILES string of the molecule is CCCN(CCC)CC12CC=CC(C)=C1O2. The summed E-state index contributed by atoms with van der Waals surface area (Å²) in [4.78, 5) is 2.54. The van der Waals surface area contributed by atoms with E-state index in [0.717, 1.165) is 13.0 Å². The summed E-state index contributed by atoms with van der Waals surface area (Å²) in [7, 11) is 0. The van der Waals surface area contributed by atoms with E-state index in [0.29, 0.717) is 0 Å². The summed E-state index contributed by atoms with van der Waals surface area (Å²) >= 11 is 0. The maximum atomic E-state index is 5.88. The van der Waals surface area contributed by atoms with Gasteiger partial charge in [0.1, 0.15) is 5.76 Å². The summed E-state index contributed by atoms with van der Waals surface area (Å²) in [5.41, 5.74) is 1.38. The highest BCUT2D eigenvalue weighted by Gasteiger charge is 2.54. The maximum absolute atomic E-state index is 5.88. The lowest BCUT2D eigenvalue weighted by molar-refractivity contribution is 0.187. The van der Waals surface area contributed by atoms with Gasteiger partial charge < -0.3 is 4.74 Å². The predicted octanol–water partition coefficient (Wildman–Crippen LogP) is 3.11. The zero-order valence-electron chi connectivity index (χ0n) is 10.8. The Labute approximate surface area is 99.0 Å². The largest absolute Gasteiger partial charge is 0.477 e. The lowest BCUT2D eigenvalue weighted by Crippen LogP contribution is -2.35. The van der Waals surface area contributed by atoms with Crippen LogP contribution in [0.3, 0.4) is 0 Å². The van der Waals surface area contributed by atoms with Gasteiger partial charge in [-0.3, -0.25) is 4.90 Å². The molecule has 2 heteroatoms. The fourth-order valence-corrected chi connectivity index (χ4v) is 2.68. The molecule has 1 saturated heterocycles. The number of hydrogen-bond acceptors (Lipinski definition) is 2. The molecule has 16 heavy (non-hydrogen) atoms. The van der Waals surface area contributed by atoms with Gasteiger partial charge in [0.2, 0.25) is 0 Å². The summed E-state index contributed by atoms with van der Waals surface area (Å²) in [6.45, 7) is 10.1. The van der Waals surface area contributed by atoms with E-state index in [2.05, 4.69) is 37.8 Å². The number of nitrogens with zero attached hydrogens (tertiary/aromatic N) is 1. The summed E-state index contributed by atoms with van der Waals surface area (Å²) in [5.74, 6) is 1.24. The van der Waals surface area contributed by atoms with Crippen molar-refractivity contribution in [1.82, 2.24) is 4.90 Å². The molecule has 1 unspecified atom stereocenters. The smallest absolute Gasteiger partial charge is 0.181 e. The first kappa shape index (κ1) is 11.7. The van der Waals surface area contributed by atoms with Crippen molar-refractivity contribution in [3.05, 3.63) is 23.5 Å². The van der Waals surface area contributed by atoms with Gasteiger partial charge >= 0.3 is 0 Å². The Bertz CT molecular complexity index is 313. The highest BCUT2D eigenvalue weighted by atomic mass is 16.6. The van der Waals surface area contributed by atoms with Gasteiger partial charge in [0.05, 0.1) is 0 Å². The molecule has 2 aliphatic rings. The second kappa shape index (κ2) is 4.62. The van der Waals surface area contributed by atoms with E-state index < -0.39 is 0 Å². The van der Waals surface area contributed by atoms with Crippen LogP contribution in [0.5, 0.6) is 0 Å². The van der Waals surface area contributed by atoms with Crippen molar-refractivity contribution in [2.24, 2.45) is 0 Å².